The lowest BCUT2D eigenvalue weighted by atomic mass is 10.2. The molecule has 0 saturated carbocycles. The highest BCUT2D eigenvalue weighted by atomic mass is 16.6. The molecule has 0 fully saturated rings. The molecule has 2 amide bonds. The number of carbonyl (C=O) groups excluding carboxylic acids is 2. The van der Waals surface area contributed by atoms with Crippen molar-refractivity contribution in [3.05, 3.63) is 64.5 Å². The Balaban J connectivity index is 1.62. The fourth-order valence-corrected chi connectivity index (χ4v) is 3.41. The number of amides is 2. The molecule has 0 spiro atoms. The number of carbonyl (C=O) groups is 2. The Labute approximate surface area is 240 Å². The first-order chi connectivity index (χ1) is 19.7. The van der Waals surface area contributed by atoms with Gasteiger partial charge in [0, 0.05) is 48.9 Å². The molecule has 41 heavy (non-hydrogen) atoms. The van der Waals surface area contributed by atoms with Gasteiger partial charge in [0.2, 0.25) is 0 Å². The summed E-state index contributed by atoms with van der Waals surface area (Å²) in [4.78, 5) is 28.8. The number of rotatable bonds is 17. The largest absolute Gasteiger partial charge is 0.444 e. The van der Waals surface area contributed by atoms with E-state index in [9.17, 15) is 9.59 Å². The van der Waals surface area contributed by atoms with Gasteiger partial charge in [-0.3, -0.25) is 4.79 Å². The minimum Gasteiger partial charge on any atom is -0.444 e. The number of nitrogens with one attached hydrogen (secondary N) is 2. The molecule has 0 aromatic heterocycles. The number of azo groups is 1. The number of hydrogen-bond donors (Lipinski definition) is 2. The van der Waals surface area contributed by atoms with E-state index in [0.717, 1.165) is 12.2 Å². The van der Waals surface area contributed by atoms with Crippen LogP contribution in [0.2, 0.25) is 0 Å². The quantitative estimate of drug-likeness (QED) is 0.110. The van der Waals surface area contributed by atoms with Gasteiger partial charge < -0.3 is 29.7 Å². The maximum atomic E-state index is 12.4. The van der Waals surface area contributed by atoms with Gasteiger partial charge in [0.1, 0.15) is 5.60 Å². The Morgan fingerprint density at radius 1 is 0.878 bits per heavy atom. The van der Waals surface area contributed by atoms with E-state index >= 15 is 0 Å². The molecule has 222 valence electrons. The second-order valence-electron chi connectivity index (χ2n) is 9.71. The van der Waals surface area contributed by atoms with Crippen LogP contribution in [0.1, 0.15) is 38.1 Å². The third kappa shape index (κ3) is 14.1. The van der Waals surface area contributed by atoms with Gasteiger partial charge in [0.05, 0.1) is 37.8 Å². The van der Waals surface area contributed by atoms with E-state index in [1.807, 2.05) is 31.2 Å². The van der Waals surface area contributed by atoms with Crippen LogP contribution < -0.4 is 15.5 Å². The summed E-state index contributed by atoms with van der Waals surface area (Å²) in [7, 11) is 0. The minimum absolute atomic E-state index is 0.210. The number of hydrogen-bond acceptors (Lipinski definition) is 9. The van der Waals surface area contributed by atoms with E-state index in [0.29, 0.717) is 69.5 Å². The molecule has 13 nitrogen and oxygen atoms in total. The van der Waals surface area contributed by atoms with Gasteiger partial charge in [-0.25, -0.2) is 4.79 Å². The summed E-state index contributed by atoms with van der Waals surface area (Å²) in [6.45, 7) is 11.4. The van der Waals surface area contributed by atoms with Gasteiger partial charge in [-0.15, -0.1) is 0 Å². The van der Waals surface area contributed by atoms with E-state index in [1.54, 1.807) is 45.0 Å². The van der Waals surface area contributed by atoms with Gasteiger partial charge in [-0.05, 0) is 81.8 Å². The van der Waals surface area contributed by atoms with Crippen LogP contribution in [0.3, 0.4) is 0 Å². The van der Waals surface area contributed by atoms with Gasteiger partial charge in [0.25, 0.3) is 5.91 Å². The predicted octanol–water partition coefficient (Wildman–Crippen LogP) is 5.53. The van der Waals surface area contributed by atoms with Crippen LogP contribution in [-0.4, -0.2) is 76.8 Å². The summed E-state index contributed by atoms with van der Waals surface area (Å²) in [5.41, 5.74) is 10.8. The molecule has 2 aromatic rings. The molecule has 0 aliphatic carbocycles. The average molecular weight is 569 g/mol. The van der Waals surface area contributed by atoms with Crippen molar-refractivity contribution in [2.45, 2.75) is 33.3 Å². The van der Waals surface area contributed by atoms with Crippen molar-refractivity contribution < 1.29 is 23.8 Å². The average Bonchev–Trinajstić information content (AvgIpc) is 2.95. The molecule has 2 rings (SSSR count). The maximum absolute atomic E-state index is 12.4. The van der Waals surface area contributed by atoms with Crippen LogP contribution in [0.4, 0.5) is 21.9 Å². The molecule has 2 aromatic carbocycles. The lowest BCUT2D eigenvalue weighted by molar-refractivity contribution is 0.0400. The Kier molecular flexibility index (Phi) is 14.7. The number of anilines is 1. The topological polar surface area (TPSA) is 163 Å². The number of likely N-dealkylation sites (N-methyl/N-ethyl adjacent to an activating group) is 1. The molecule has 0 atom stereocenters. The zero-order valence-electron chi connectivity index (χ0n) is 24.2. The molecular weight excluding hydrogens is 528 g/mol. The van der Waals surface area contributed by atoms with Crippen molar-refractivity contribution in [1.82, 2.24) is 10.6 Å². The van der Waals surface area contributed by atoms with Crippen molar-refractivity contribution in [3.63, 3.8) is 0 Å². The van der Waals surface area contributed by atoms with E-state index < -0.39 is 11.7 Å². The van der Waals surface area contributed by atoms with Crippen LogP contribution in [0, 0.1) is 0 Å². The number of alkyl carbamates (subject to hydrolysis) is 1. The van der Waals surface area contributed by atoms with Crippen LogP contribution in [0.15, 0.2) is 63.9 Å². The summed E-state index contributed by atoms with van der Waals surface area (Å²) in [6.07, 6.45) is -0.477. The molecule has 13 heteroatoms. The van der Waals surface area contributed by atoms with Crippen LogP contribution in [-0.2, 0) is 14.2 Å². The first kappa shape index (κ1) is 33.0. The second-order valence-corrected chi connectivity index (χ2v) is 9.71. The molecule has 2 N–H and O–H groups in total. The van der Waals surface area contributed by atoms with Crippen molar-refractivity contribution >= 4 is 29.1 Å². The molecule has 0 heterocycles. The Morgan fingerprint density at radius 3 is 1.98 bits per heavy atom. The second kappa shape index (κ2) is 18.2. The highest BCUT2D eigenvalue weighted by molar-refractivity contribution is 5.94. The van der Waals surface area contributed by atoms with Crippen molar-refractivity contribution in [3.8, 4) is 0 Å². The molecule has 0 aliphatic heterocycles. The summed E-state index contributed by atoms with van der Waals surface area (Å²) in [5, 5.41) is 17.5. The number of ether oxygens (including phenoxy) is 3. The number of azide groups is 1. The highest BCUT2D eigenvalue weighted by Gasteiger charge is 2.15. The first-order valence-corrected chi connectivity index (χ1v) is 13.5. The van der Waals surface area contributed by atoms with Crippen LogP contribution >= 0.6 is 0 Å². The molecule has 0 saturated heterocycles. The molecule has 0 bridgehead atoms. The van der Waals surface area contributed by atoms with Crippen LogP contribution in [0.25, 0.3) is 10.4 Å². The lowest BCUT2D eigenvalue weighted by Crippen LogP contribution is -2.34. The van der Waals surface area contributed by atoms with Crippen molar-refractivity contribution in [2.75, 3.05) is 64.1 Å². The third-order valence-electron chi connectivity index (χ3n) is 5.36. The van der Waals surface area contributed by atoms with Gasteiger partial charge in [0.15, 0.2) is 0 Å². The molecule has 0 radical (unpaired) electrons. The van der Waals surface area contributed by atoms with Gasteiger partial charge in [-0.2, -0.15) is 10.2 Å². The van der Waals surface area contributed by atoms with Gasteiger partial charge in [-0.1, -0.05) is 5.11 Å². The number of benzene rings is 2. The summed E-state index contributed by atoms with van der Waals surface area (Å²) in [5.74, 6) is -0.210. The zero-order valence-corrected chi connectivity index (χ0v) is 24.2. The molecule has 0 unspecified atom stereocenters. The minimum atomic E-state index is -0.534. The normalized spacial score (nSPS) is 11.1. The first-order valence-electron chi connectivity index (χ1n) is 13.5. The van der Waals surface area contributed by atoms with E-state index in [2.05, 4.69) is 35.8 Å². The Hall–Kier alpha value is -4.19. The summed E-state index contributed by atoms with van der Waals surface area (Å²) < 4.78 is 16.0. The van der Waals surface area contributed by atoms with Crippen molar-refractivity contribution in [2.24, 2.45) is 15.3 Å². The fraction of sp³-hybridized carbons (Fsp3) is 0.500. The van der Waals surface area contributed by atoms with E-state index in [4.69, 9.17) is 19.7 Å². The lowest BCUT2D eigenvalue weighted by Gasteiger charge is -2.22. The van der Waals surface area contributed by atoms with E-state index in [1.165, 1.54) is 0 Å². The highest BCUT2D eigenvalue weighted by Crippen LogP contribution is 2.22. The molecule has 0 aliphatic rings. The van der Waals surface area contributed by atoms with Crippen LogP contribution in [0.5, 0.6) is 0 Å². The molecular formula is C28H40N8O5. The monoisotopic (exact) mass is 568 g/mol. The Morgan fingerprint density at radius 2 is 1.44 bits per heavy atom. The smallest absolute Gasteiger partial charge is 0.407 e. The SMILES string of the molecule is CCN(CCN=[N+]=[N-])c1ccc(/N=N/c2ccc(C(=O)NCCOCCOCCNC(=O)OC(C)(C)C)cc2)cc1. The van der Waals surface area contributed by atoms with E-state index in [-0.39, 0.29) is 5.91 Å². The number of nitrogens with zero attached hydrogens (tertiary/aromatic N) is 6. The maximum Gasteiger partial charge on any atom is 0.407 e. The predicted molar refractivity (Wildman–Crippen MR) is 157 cm³/mol. The Bertz CT molecular complexity index is 1140. The van der Waals surface area contributed by atoms with Gasteiger partial charge >= 0.3 is 6.09 Å². The standard InChI is InChI=1S/C28H40N8O5/c1-5-36(17-14-32-35-29)25-12-10-24(11-13-25)34-33-23-8-6-22(7-9-23)26(37)30-15-18-39-20-21-40-19-16-31-27(38)41-28(2,3)4/h6-13H,5,14-21H2,1-4H3,(H,30,37)(H,31,38)/b34-33+. The third-order valence-corrected chi connectivity index (χ3v) is 5.36. The summed E-state index contributed by atoms with van der Waals surface area (Å²) >= 11 is 0. The fourth-order valence-electron chi connectivity index (χ4n) is 3.41. The van der Waals surface area contributed by atoms with Crippen molar-refractivity contribution in [1.29, 1.82) is 0 Å². The summed E-state index contributed by atoms with van der Waals surface area (Å²) in [6, 6.07) is 14.5. The zero-order chi connectivity index (χ0) is 29.9.